The third-order valence-electron chi connectivity index (χ3n) is 6.02. The smallest absolute Gasteiger partial charge is 0.269 e. The molecule has 152 valence electrons. The van der Waals surface area contributed by atoms with Gasteiger partial charge in [0.15, 0.2) is 0 Å². The Morgan fingerprint density at radius 3 is 2.38 bits per heavy atom. The number of nitro benzene ring substituents is 1. The highest BCUT2D eigenvalue weighted by Crippen LogP contribution is 2.28. The number of fused-ring (bicyclic) bond motifs is 1. The summed E-state index contributed by atoms with van der Waals surface area (Å²) in [5, 5.41) is 10.8. The molecule has 1 amide bonds. The first kappa shape index (κ1) is 19.4. The van der Waals surface area contributed by atoms with E-state index in [1.54, 1.807) is 24.3 Å². The van der Waals surface area contributed by atoms with Crippen molar-refractivity contribution in [2.45, 2.75) is 25.8 Å². The van der Waals surface area contributed by atoms with Gasteiger partial charge in [-0.1, -0.05) is 18.2 Å². The molecule has 7 nitrogen and oxygen atoms in total. The van der Waals surface area contributed by atoms with E-state index in [2.05, 4.69) is 15.9 Å². The lowest BCUT2D eigenvalue weighted by Crippen LogP contribution is -2.55. The lowest BCUT2D eigenvalue weighted by atomic mass is 10.0. The summed E-state index contributed by atoms with van der Waals surface area (Å²) in [7, 11) is 0. The summed E-state index contributed by atoms with van der Waals surface area (Å²) >= 11 is 0. The largest absolute Gasteiger partial charge is 0.369 e. The number of para-hydroxylation sites is 1. The number of rotatable bonds is 4. The number of hydrogen-bond donors (Lipinski definition) is 0. The molecule has 7 heteroatoms. The molecule has 29 heavy (non-hydrogen) atoms. The average Bonchev–Trinajstić information content (AvgIpc) is 2.78. The number of non-ortho nitro benzene ring substituents is 1. The summed E-state index contributed by atoms with van der Waals surface area (Å²) in [4.78, 5) is 30.1. The van der Waals surface area contributed by atoms with E-state index in [1.165, 1.54) is 5.56 Å². The molecule has 1 fully saturated rings. The number of nitro groups is 1. The molecule has 1 saturated heterocycles. The van der Waals surface area contributed by atoms with Crippen molar-refractivity contribution in [3.63, 3.8) is 0 Å². The van der Waals surface area contributed by atoms with E-state index < -0.39 is 0 Å². The monoisotopic (exact) mass is 394 g/mol. The van der Waals surface area contributed by atoms with Crippen LogP contribution in [0.25, 0.3) is 0 Å². The summed E-state index contributed by atoms with van der Waals surface area (Å²) in [5.41, 5.74) is 3.40. The number of nitrogens with zero attached hydrogens (tertiary/aromatic N) is 4. The number of carbonyl (C=O) groups is 1. The molecule has 2 aliphatic heterocycles. The van der Waals surface area contributed by atoms with Crippen LogP contribution >= 0.6 is 0 Å². The number of anilines is 2. The van der Waals surface area contributed by atoms with Crippen LogP contribution < -0.4 is 9.80 Å². The highest BCUT2D eigenvalue weighted by atomic mass is 16.6. The van der Waals surface area contributed by atoms with E-state index >= 15 is 0 Å². The maximum atomic E-state index is 13.2. The zero-order chi connectivity index (χ0) is 20.4. The van der Waals surface area contributed by atoms with Crippen molar-refractivity contribution in [2.75, 3.05) is 42.5 Å². The average molecular weight is 394 g/mol. The topological polar surface area (TPSA) is 69.9 Å². The molecule has 2 heterocycles. The molecule has 0 bridgehead atoms. The Balaban J connectivity index is 1.38. The van der Waals surface area contributed by atoms with E-state index in [9.17, 15) is 14.9 Å². The number of amides is 1. The molecule has 1 atom stereocenters. The Bertz CT molecular complexity index is 891. The standard InChI is InChI=1S/C22H26N4O3/c1-17(22(27)25-12-4-6-18-5-2-3-7-21(18)25)23-13-15-24(16-14-23)19-8-10-20(11-9-19)26(28)29/h2-3,5,7-11,17H,4,6,12-16H2,1H3/t17-/m1/s1. The molecule has 2 aromatic carbocycles. The van der Waals surface area contributed by atoms with Crippen molar-refractivity contribution in [1.82, 2.24) is 4.90 Å². The van der Waals surface area contributed by atoms with Crippen molar-refractivity contribution in [3.8, 4) is 0 Å². The predicted molar refractivity (Wildman–Crippen MR) is 113 cm³/mol. The SMILES string of the molecule is C[C@H](C(=O)N1CCCc2ccccc21)N1CCN(c2ccc([N+](=O)[O-])cc2)CC1. The second-order valence-electron chi connectivity index (χ2n) is 7.69. The molecule has 0 radical (unpaired) electrons. The van der Waals surface area contributed by atoms with Gasteiger partial charge in [-0.2, -0.15) is 0 Å². The van der Waals surface area contributed by atoms with Gasteiger partial charge in [0.1, 0.15) is 0 Å². The van der Waals surface area contributed by atoms with E-state index in [1.807, 2.05) is 30.0 Å². The van der Waals surface area contributed by atoms with Crippen LogP contribution in [0.15, 0.2) is 48.5 Å². The molecule has 2 aliphatic rings. The van der Waals surface area contributed by atoms with E-state index in [0.29, 0.717) is 0 Å². The van der Waals surface area contributed by atoms with Crippen molar-refractivity contribution in [3.05, 3.63) is 64.2 Å². The quantitative estimate of drug-likeness (QED) is 0.589. The van der Waals surface area contributed by atoms with Crippen LogP contribution in [0.2, 0.25) is 0 Å². The first-order chi connectivity index (χ1) is 14.0. The Labute approximate surface area is 170 Å². The fraction of sp³-hybridized carbons (Fsp3) is 0.409. The van der Waals surface area contributed by atoms with E-state index in [4.69, 9.17) is 0 Å². The van der Waals surface area contributed by atoms with Gasteiger partial charge in [-0.25, -0.2) is 0 Å². The molecular formula is C22H26N4O3. The maximum Gasteiger partial charge on any atom is 0.269 e. The minimum absolute atomic E-state index is 0.105. The summed E-state index contributed by atoms with van der Waals surface area (Å²) in [5.74, 6) is 0.168. The molecule has 0 aliphatic carbocycles. The molecule has 0 spiro atoms. The Kier molecular flexibility index (Phi) is 5.49. The first-order valence-corrected chi connectivity index (χ1v) is 10.2. The van der Waals surface area contributed by atoms with Crippen LogP contribution in [0, 0.1) is 10.1 Å². The highest BCUT2D eigenvalue weighted by Gasteiger charge is 2.31. The third-order valence-corrected chi connectivity index (χ3v) is 6.02. The Morgan fingerprint density at radius 2 is 1.69 bits per heavy atom. The predicted octanol–water partition coefficient (Wildman–Crippen LogP) is 3.08. The third kappa shape index (κ3) is 3.96. The van der Waals surface area contributed by atoms with Crippen LogP contribution in [0.3, 0.4) is 0 Å². The van der Waals surface area contributed by atoms with Gasteiger partial charge >= 0.3 is 0 Å². The molecule has 0 N–H and O–H groups in total. The lowest BCUT2D eigenvalue weighted by molar-refractivity contribution is -0.384. The van der Waals surface area contributed by atoms with Gasteiger partial charge in [-0.05, 0) is 43.5 Å². The molecule has 4 rings (SSSR count). The normalized spacial score (nSPS) is 18.2. The second-order valence-corrected chi connectivity index (χ2v) is 7.69. The Morgan fingerprint density at radius 1 is 1.00 bits per heavy atom. The summed E-state index contributed by atoms with van der Waals surface area (Å²) < 4.78 is 0. The van der Waals surface area contributed by atoms with Crippen molar-refractivity contribution in [1.29, 1.82) is 0 Å². The number of piperazine rings is 1. The Hall–Kier alpha value is -2.93. The van der Waals surface area contributed by atoms with E-state index in [-0.39, 0.29) is 22.6 Å². The van der Waals surface area contributed by atoms with Gasteiger partial charge < -0.3 is 9.80 Å². The first-order valence-electron chi connectivity index (χ1n) is 10.2. The number of hydrogen-bond acceptors (Lipinski definition) is 5. The van der Waals surface area contributed by atoms with Crippen molar-refractivity contribution in [2.24, 2.45) is 0 Å². The van der Waals surface area contributed by atoms with Gasteiger partial charge in [0.05, 0.1) is 11.0 Å². The number of carbonyl (C=O) groups excluding carboxylic acids is 1. The van der Waals surface area contributed by atoms with Gasteiger partial charge in [0.2, 0.25) is 5.91 Å². The summed E-state index contributed by atoms with van der Waals surface area (Å²) in [6, 6.07) is 14.7. The zero-order valence-corrected chi connectivity index (χ0v) is 16.7. The van der Waals surface area contributed by atoms with Gasteiger partial charge in [0, 0.05) is 56.2 Å². The van der Waals surface area contributed by atoms with E-state index in [0.717, 1.165) is 56.9 Å². The maximum absolute atomic E-state index is 13.2. The minimum atomic E-state index is -0.381. The zero-order valence-electron chi connectivity index (χ0n) is 16.7. The van der Waals surface area contributed by atoms with Crippen LogP contribution in [0.1, 0.15) is 18.9 Å². The molecular weight excluding hydrogens is 368 g/mol. The van der Waals surface area contributed by atoms with Gasteiger partial charge in [-0.15, -0.1) is 0 Å². The highest BCUT2D eigenvalue weighted by molar-refractivity contribution is 5.98. The van der Waals surface area contributed by atoms with Crippen LogP contribution in [-0.2, 0) is 11.2 Å². The molecule has 0 unspecified atom stereocenters. The minimum Gasteiger partial charge on any atom is -0.369 e. The van der Waals surface area contributed by atoms with Crippen LogP contribution in [-0.4, -0.2) is 54.5 Å². The molecule has 2 aromatic rings. The molecule has 0 aromatic heterocycles. The number of aryl methyl sites for hydroxylation is 1. The van der Waals surface area contributed by atoms with Crippen LogP contribution in [0.4, 0.5) is 17.1 Å². The van der Waals surface area contributed by atoms with Gasteiger partial charge in [0.25, 0.3) is 5.69 Å². The van der Waals surface area contributed by atoms with Crippen LogP contribution in [0.5, 0.6) is 0 Å². The number of benzene rings is 2. The fourth-order valence-electron chi connectivity index (χ4n) is 4.30. The van der Waals surface area contributed by atoms with Crippen molar-refractivity contribution >= 4 is 23.0 Å². The summed E-state index contributed by atoms with van der Waals surface area (Å²) in [6.07, 6.45) is 2.03. The van der Waals surface area contributed by atoms with Crippen molar-refractivity contribution < 1.29 is 9.72 Å². The van der Waals surface area contributed by atoms with Gasteiger partial charge in [-0.3, -0.25) is 19.8 Å². The second kappa shape index (κ2) is 8.21. The lowest BCUT2D eigenvalue weighted by Gasteiger charge is -2.40. The fourth-order valence-corrected chi connectivity index (χ4v) is 4.30. The summed E-state index contributed by atoms with van der Waals surface area (Å²) in [6.45, 7) is 5.96. The molecule has 0 saturated carbocycles.